The van der Waals surface area contributed by atoms with Gasteiger partial charge in [-0.15, -0.1) is 0 Å². The van der Waals surface area contributed by atoms with Crippen molar-refractivity contribution >= 4 is 32.8 Å². The molecule has 1 aliphatic heterocycles. The van der Waals surface area contributed by atoms with E-state index < -0.39 is 32.3 Å². The third-order valence-electron chi connectivity index (χ3n) is 5.15. The number of anilines is 1. The topological polar surface area (TPSA) is 117 Å². The highest BCUT2D eigenvalue weighted by Gasteiger charge is 2.35. The molecule has 3 rings (SSSR count). The molecule has 31 heavy (non-hydrogen) atoms. The van der Waals surface area contributed by atoms with Gasteiger partial charge >= 0.3 is 5.97 Å². The number of methoxy groups -OCH3 is 1. The van der Waals surface area contributed by atoms with Crippen LogP contribution in [0.25, 0.3) is 0 Å². The number of para-hydroxylation sites is 1. The molecule has 11 heteroatoms. The van der Waals surface area contributed by atoms with Crippen LogP contribution in [-0.2, 0) is 32.4 Å². The molecule has 0 saturated carbocycles. The van der Waals surface area contributed by atoms with Crippen LogP contribution in [0.5, 0.6) is 0 Å². The van der Waals surface area contributed by atoms with Crippen molar-refractivity contribution in [3.63, 3.8) is 0 Å². The number of pyridine rings is 1. The molecule has 1 aliphatic rings. The molecule has 0 bridgehead atoms. The molecule has 1 aromatic carbocycles. The molecule has 0 radical (unpaired) electrons. The molecule has 0 aliphatic carbocycles. The van der Waals surface area contributed by atoms with Crippen molar-refractivity contribution in [3.8, 4) is 0 Å². The Labute approximate surface area is 184 Å². The number of benzene rings is 1. The van der Waals surface area contributed by atoms with Crippen molar-refractivity contribution in [2.24, 2.45) is 0 Å². The highest BCUT2D eigenvalue weighted by atomic mass is 32.2. The minimum Gasteiger partial charge on any atom is -0.465 e. The molecule has 1 fully saturated rings. The Morgan fingerprint density at radius 1 is 1.23 bits per heavy atom. The van der Waals surface area contributed by atoms with Crippen molar-refractivity contribution in [2.45, 2.75) is 24.6 Å². The van der Waals surface area contributed by atoms with Gasteiger partial charge in [-0.3, -0.25) is 14.2 Å². The Balaban J connectivity index is 1.82. The van der Waals surface area contributed by atoms with Crippen LogP contribution in [0, 0.1) is 0 Å². The van der Waals surface area contributed by atoms with E-state index in [1.54, 1.807) is 41.3 Å². The fraction of sp³-hybridized carbons (Fsp3) is 0.400. The van der Waals surface area contributed by atoms with Gasteiger partial charge in [-0.25, -0.2) is 17.4 Å². The van der Waals surface area contributed by atoms with Crippen molar-refractivity contribution in [2.75, 3.05) is 30.4 Å². The molecule has 9 nitrogen and oxygen atoms in total. The minimum atomic E-state index is -3.72. The predicted octanol–water partition coefficient (Wildman–Crippen LogP) is 1.85. The lowest BCUT2D eigenvalue weighted by Crippen LogP contribution is -2.46. The van der Waals surface area contributed by atoms with E-state index in [9.17, 15) is 17.4 Å². The molecular weight excluding hydrogens is 442 g/mol. The second-order valence-corrected chi connectivity index (χ2v) is 10.2. The van der Waals surface area contributed by atoms with Gasteiger partial charge in [0.2, 0.25) is 10.0 Å². The van der Waals surface area contributed by atoms with E-state index in [1.165, 1.54) is 17.6 Å². The van der Waals surface area contributed by atoms with Crippen LogP contribution in [0.1, 0.15) is 28.9 Å². The first-order valence-corrected chi connectivity index (χ1v) is 12.5. The number of sulfonamides is 1. The van der Waals surface area contributed by atoms with Crippen LogP contribution in [0.15, 0.2) is 48.7 Å². The lowest BCUT2D eigenvalue weighted by Gasteiger charge is -2.34. The van der Waals surface area contributed by atoms with Crippen molar-refractivity contribution in [3.05, 3.63) is 59.9 Å². The van der Waals surface area contributed by atoms with E-state index in [1.807, 2.05) is 6.07 Å². The molecule has 2 aromatic rings. The number of hydrogen-bond acceptors (Lipinski definition) is 7. The fourth-order valence-corrected chi connectivity index (χ4v) is 5.96. The average Bonchev–Trinajstić information content (AvgIpc) is 2.77. The summed E-state index contributed by atoms with van der Waals surface area (Å²) in [7, 11) is -2.44. The Hall–Kier alpha value is -2.34. The smallest absolute Gasteiger partial charge is 0.339 e. The standard InChI is InChI=1S/C20H25N3O6S2/c1-29-20(24)16-7-8-17(21-13-16)14-23(18-5-3-2-4-6-18)31(27,28)19-9-11-22(12-10-19)15-30(25)26/h2-8,13,19H,9-12,14-15H2,1H3,(H,25,26). The number of carbonyl (C=O) groups is 1. The highest BCUT2D eigenvalue weighted by Crippen LogP contribution is 2.27. The molecular formula is C20H25N3O6S2. The number of piperidine rings is 1. The maximum atomic E-state index is 13.5. The number of hydrogen-bond donors (Lipinski definition) is 1. The zero-order valence-corrected chi connectivity index (χ0v) is 18.7. The normalized spacial score (nSPS) is 16.6. The number of aromatic nitrogens is 1. The number of ether oxygens (including phenoxy) is 1. The molecule has 2 heterocycles. The first-order chi connectivity index (χ1) is 14.8. The predicted molar refractivity (Wildman–Crippen MR) is 117 cm³/mol. The van der Waals surface area contributed by atoms with Crippen LogP contribution < -0.4 is 4.31 Å². The quantitative estimate of drug-likeness (QED) is 0.462. The highest BCUT2D eigenvalue weighted by molar-refractivity contribution is 7.93. The monoisotopic (exact) mass is 467 g/mol. The third-order valence-corrected chi connectivity index (χ3v) is 8.01. The molecule has 168 valence electrons. The van der Waals surface area contributed by atoms with E-state index in [4.69, 9.17) is 4.55 Å². The molecule has 1 N–H and O–H groups in total. The minimum absolute atomic E-state index is 0.0195. The average molecular weight is 468 g/mol. The number of likely N-dealkylation sites (tertiary alicyclic amines) is 1. The van der Waals surface area contributed by atoms with Gasteiger partial charge in [0.15, 0.2) is 11.1 Å². The molecule has 1 saturated heterocycles. The number of rotatable bonds is 8. The van der Waals surface area contributed by atoms with Gasteiger partial charge in [-0.1, -0.05) is 18.2 Å². The summed E-state index contributed by atoms with van der Waals surface area (Å²) >= 11 is -1.94. The molecule has 1 aromatic heterocycles. The lowest BCUT2D eigenvalue weighted by molar-refractivity contribution is 0.0600. The summed E-state index contributed by atoms with van der Waals surface area (Å²) in [5, 5.41) is -0.606. The third kappa shape index (κ3) is 5.88. The van der Waals surface area contributed by atoms with Crippen LogP contribution in [-0.4, -0.2) is 64.4 Å². The molecule has 0 amide bonds. The summed E-state index contributed by atoms with van der Waals surface area (Å²) in [6, 6.07) is 12.0. The van der Waals surface area contributed by atoms with E-state index in [-0.39, 0.29) is 18.0 Å². The molecule has 1 atom stereocenters. The zero-order chi connectivity index (χ0) is 22.4. The summed E-state index contributed by atoms with van der Waals surface area (Å²) in [5.41, 5.74) is 1.31. The second kappa shape index (κ2) is 10.3. The van der Waals surface area contributed by atoms with Gasteiger partial charge in [0.25, 0.3) is 0 Å². The van der Waals surface area contributed by atoms with E-state index in [0.717, 1.165) is 0 Å². The number of esters is 1. The first-order valence-electron chi connectivity index (χ1n) is 9.71. The van der Waals surface area contributed by atoms with Gasteiger partial charge in [-0.05, 0) is 37.1 Å². The maximum Gasteiger partial charge on any atom is 0.339 e. The Morgan fingerprint density at radius 3 is 2.45 bits per heavy atom. The SMILES string of the molecule is COC(=O)c1ccc(CN(c2ccccc2)S(=O)(=O)C2CCN(CS(=O)O)CC2)nc1. The summed E-state index contributed by atoms with van der Waals surface area (Å²) < 4.78 is 53.2. The summed E-state index contributed by atoms with van der Waals surface area (Å²) in [6.45, 7) is 0.893. The van der Waals surface area contributed by atoms with E-state index in [0.29, 0.717) is 37.3 Å². The van der Waals surface area contributed by atoms with Crippen molar-refractivity contribution in [1.29, 1.82) is 0 Å². The van der Waals surface area contributed by atoms with Gasteiger partial charge in [0, 0.05) is 19.3 Å². The van der Waals surface area contributed by atoms with E-state index in [2.05, 4.69) is 9.72 Å². The Morgan fingerprint density at radius 2 is 1.90 bits per heavy atom. The van der Waals surface area contributed by atoms with Crippen LogP contribution in [0.2, 0.25) is 0 Å². The van der Waals surface area contributed by atoms with Crippen LogP contribution in [0.4, 0.5) is 5.69 Å². The van der Waals surface area contributed by atoms with Gasteiger partial charge < -0.3 is 9.29 Å². The maximum absolute atomic E-state index is 13.5. The van der Waals surface area contributed by atoms with Gasteiger partial charge in [0.1, 0.15) is 5.88 Å². The molecule has 0 spiro atoms. The summed E-state index contributed by atoms with van der Waals surface area (Å²) in [6.07, 6.45) is 2.11. The number of carbonyl (C=O) groups excluding carboxylic acids is 1. The lowest BCUT2D eigenvalue weighted by atomic mass is 10.1. The largest absolute Gasteiger partial charge is 0.465 e. The Bertz CT molecular complexity index is 1010. The van der Waals surface area contributed by atoms with Crippen molar-refractivity contribution in [1.82, 2.24) is 9.88 Å². The molecule has 1 unspecified atom stereocenters. The second-order valence-electron chi connectivity index (χ2n) is 7.18. The zero-order valence-electron chi connectivity index (χ0n) is 17.1. The summed E-state index contributed by atoms with van der Waals surface area (Å²) in [4.78, 5) is 17.7. The number of nitrogens with zero attached hydrogens (tertiary/aromatic N) is 3. The van der Waals surface area contributed by atoms with Crippen molar-refractivity contribution < 1.29 is 26.7 Å². The summed E-state index contributed by atoms with van der Waals surface area (Å²) in [5.74, 6) is -0.492. The van der Waals surface area contributed by atoms with E-state index >= 15 is 0 Å². The van der Waals surface area contributed by atoms with Gasteiger partial charge in [-0.2, -0.15) is 0 Å². The fourth-order valence-electron chi connectivity index (χ4n) is 3.50. The van der Waals surface area contributed by atoms with Crippen LogP contribution in [0.3, 0.4) is 0 Å². The first kappa shape index (κ1) is 23.3. The Kier molecular flexibility index (Phi) is 7.76. The van der Waals surface area contributed by atoms with Crippen LogP contribution >= 0.6 is 0 Å². The van der Waals surface area contributed by atoms with Gasteiger partial charge in [0.05, 0.1) is 35.8 Å².